The fourth-order valence-electron chi connectivity index (χ4n) is 5.29. The number of rotatable bonds is 6. The molecule has 0 spiro atoms. The van der Waals surface area contributed by atoms with E-state index in [4.69, 9.17) is 9.47 Å². The predicted octanol–water partition coefficient (Wildman–Crippen LogP) is 5.22. The first-order valence-electron chi connectivity index (χ1n) is 12.3. The predicted molar refractivity (Wildman–Crippen MR) is 142 cm³/mol. The number of aromatic nitrogens is 3. The van der Waals surface area contributed by atoms with Crippen molar-refractivity contribution < 1.29 is 13.9 Å². The topological polar surface area (TPSA) is 55.7 Å². The van der Waals surface area contributed by atoms with Gasteiger partial charge in [0.25, 0.3) is 0 Å². The van der Waals surface area contributed by atoms with Crippen molar-refractivity contribution in [3.63, 3.8) is 0 Å². The molecular weight excluding hydrogens is 457 g/mol. The van der Waals surface area contributed by atoms with Crippen LogP contribution in [0.2, 0.25) is 0 Å². The van der Waals surface area contributed by atoms with Crippen molar-refractivity contribution >= 4 is 22.3 Å². The molecule has 8 heteroatoms. The molecule has 188 valence electrons. The maximum absolute atomic E-state index is 13.4. The van der Waals surface area contributed by atoms with Gasteiger partial charge in [-0.25, -0.2) is 4.39 Å². The van der Waals surface area contributed by atoms with Gasteiger partial charge in [0.05, 0.1) is 25.1 Å². The molecule has 1 aliphatic rings. The van der Waals surface area contributed by atoms with Crippen LogP contribution in [-0.2, 0) is 0 Å². The molecule has 0 unspecified atom stereocenters. The smallest absolute Gasteiger partial charge is 0.161 e. The summed E-state index contributed by atoms with van der Waals surface area (Å²) in [6, 6.07) is 12.7. The second-order valence-corrected chi connectivity index (χ2v) is 9.08. The van der Waals surface area contributed by atoms with E-state index in [1.165, 1.54) is 12.1 Å². The highest BCUT2D eigenvalue weighted by atomic mass is 19.1. The average molecular weight is 490 g/mol. The molecule has 1 saturated heterocycles. The van der Waals surface area contributed by atoms with E-state index < -0.39 is 0 Å². The quantitative estimate of drug-likeness (QED) is 0.370. The van der Waals surface area contributed by atoms with Gasteiger partial charge in [-0.05, 0) is 64.1 Å². The third-order valence-electron chi connectivity index (χ3n) is 7.00. The minimum atomic E-state index is -0.214. The number of hydrogen-bond acceptors (Lipinski definition) is 6. The number of ether oxygens (including phenoxy) is 2. The monoisotopic (exact) mass is 489 g/mol. The van der Waals surface area contributed by atoms with Crippen LogP contribution in [0.15, 0.2) is 42.5 Å². The standard InChI is InChI=1S/C28H32FN5O2/c1-6-36-23-11-12-24(25(17-23)35-5)34-19(3)26-18(2)30-31-28(27(26)20(34)4)33-15-13-32(14-16-33)22-9-7-21(29)8-10-22/h7-12,17H,6,13-16H2,1-5H3. The Bertz CT molecular complexity index is 1390. The molecule has 1 aliphatic heterocycles. The zero-order chi connectivity index (χ0) is 25.4. The molecule has 0 aliphatic carbocycles. The Labute approximate surface area is 211 Å². The normalized spacial score (nSPS) is 13.9. The molecule has 0 bridgehead atoms. The highest BCUT2D eigenvalue weighted by Gasteiger charge is 2.26. The number of methoxy groups -OCH3 is 1. The van der Waals surface area contributed by atoms with Gasteiger partial charge in [-0.3, -0.25) is 0 Å². The van der Waals surface area contributed by atoms with E-state index in [0.717, 1.165) is 82.7 Å². The largest absolute Gasteiger partial charge is 0.494 e. The SMILES string of the molecule is CCOc1ccc(-n2c(C)c3c(C)nnc(N4CCN(c5ccc(F)cc5)CC4)c3c2C)c(OC)c1. The molecular formula is C28H32FN5O2. The fourth-order valence-corrected chi connectivity index (χ4v) is 5.29. The summed E-state index contributed by atoms with van der Waals surface area (Å²) in [5.74, 6) is 2.22. The van der Waals surface area contributed by atoms with Gasteiger partial charge in [0.2, 0.25) is 0 Å². The van der Waals surface area contributed by atoms with E-state index in [1.807, 2.05) is 44.2 Å². The zero-order valence-electron chi connectivity index (χ0n) is 21.5. The summed E-state index contributed by atoms with van der Waals surface area (Å²) in [6.45, 7) is 12.1. The van der Waals surface area contributed by atoms with Crippen LogP contribution in [0.4, 0.5) is 15.9 Å². The molecule has 0 N–H and O–H groups in total. The van der Waals surface area contributed by atoms with Gasteiger partial charge in [-0.1, -0.05) is 0 Å². The van der Waals surface area contributed by atoms with Crippen molar-refractivity contribution in [3.8, 4) is 17.2 Å². The zero-order valence-corrected chi connectivity index (χ0v) is 21.5. The average Bonchev–Trinajstić information content (AvgIpc) is 3.16. The van der Waals surface area contributed by atoms with Crippen LogP contribution in [0.5, 0.6) is 11.5 Å². The maximum Gasteiger partial charge on any atom is 0.161 e. The third kappa shape index (κ3) is 4.10. The van der Waals surface area contributed by atoms with Crippen LogP contribution in [0.1, 0.15) is 24.0 Å². The Morgan fingerprint density at radius 3 is 2.19 bits per heavy atom. The highest BCUT2D eigenvalue weighted by Crippen LogP contribution is 2.39. The lowest BCUT2D eigenvalue weighted by molar-refractivity contribution is 0.336. The van der Waals surface area contributed by atoms with Gasteiger partial charge in [0, 0.05) is 60.1 Å². The molecule has 4 aromatic rings. The van der Waals surface area contributed by atoms with Gasteiger partial charge < -0.3 is 23.8 Å². The van der Waals surface area contributed by atoms with Crippen molar-refractivity contribution in [3.05, 3.63) is 65.4 Å². The molecule has 1 fully saturated rings. The Morgan fingerprint density at radius 2 is 1.53 bits per heavy atom. The summed E-state index contributed by atoms with van der Waals surface area (Å²) >= 11 is 0. The first-order chi connectivity index (χ1) is 17.4. The summed E-state index contributed by atoms with van der Waals surface area (Å²) in [5, 5.41) is 11.5. The summed E-state index contributed by atoms with van der Waals surface area (Å²) < 4.78 is 27.0. The van der Waals surface area contributed by atoms with Gasteiger partial charge in [0.1, 0.15) is 17.3 Å². The maximum atomic E-state index is 13.4. The number of piperazine rings is 1. The Hall–Kier alpha value is -3.81. The molecule has 2 aromatic carbocycles. The van der Waals surface area contributed by atoms with E-state index in [9.17, 15) is 4.39 Å². The van der Waals surface area contributed by atoms with Crippen LogP contribution in [0.25, 0.3) is 16.5 Å². The first kappa shape index (κ1) is 23.9. The lowest BCUT2D eigenvalue weighted by atomic mass is 10.1. The summed E-state index contributed by atoms with van der Waals surface area (Å²) in [6.07, 6.45) is 0. The lowest BCUT2D eigenvalue weighted by Crippen LogP contribution is -2.47. The fraction of sp³-hybridized carbons (Fsp3) is 0.357. The number of halogens is 1. The molecule has 7 nitrogen and oxygen atoms in total. The summed E-state index contributed by atoms with van der Waals surface area (Å²) in [7, 11) is 1.68. The van der Waals surface area contributed by atoms with Crippen molar-refractivity contribution in [2.24, 2.45) is 0 Å². The van der Waals surface area contributed by atoms with Crippen LogP contribution < -0.4 is 19.3 Å². The van der Waals surface area contributed by atoms with E-state index in [-0.39, 0.29) is 5.82 Å². The van der Waals surface area contributed by atoms with Gasteiger partial charge in [0.15, 0.2) is 5.82 Å². The van der Waals surface area contributed by atoms with Crippen LogP contribution >= 0.6 is 0 Å². The van der Waals surface area contributed by atoms with Gasteiger partial charge in [-0.2, -0.15) is 5.10 Å². The lowest BCUT2D eigenvalue weighted by Gasteiger charge is -2.36. The second kappa shape index (κ2) is 9.68. The Kier molecular flexibility index (Phi) is 6.43. The molecule has 36 heavy (non-hydrogen) atoms. The number of benzene rings is 2. The summed E-state index contributed by atoms with van der Waals surface area (Å²) in [4.78, 5) is 4.59. The molecule has 3 heterocycles. The first-order valence-corrected chi connectivity index (χ1v) is 12.3. The van der Waals surface area contributed by atoms with Crippen LogP contribution in [0.3, 0.4) is 0 Å². The second-order valence-electron chi connectivity index (χ2n) is 9.08. The highest BCUT2D eigenvalue weighted by molar-refractivity contribution is 5.99. The van der Waals surface area contributed by atoms with E-state index in [0.29, 0.717) is 6.61 Å². The number of anilines is 2. The van der Waals surface area contributed by atoms with Gasteiger partial charge in [-0.15, -0.1) is 5.10 Å². The van der Waals surface area contributed by atoms with E-state index in [1.54, 1.807) is 7.11 Å². The van der Waals surface area contributed by atoms with E-state index >= 15 is 0 Å². The minimum Gasteiger partial charge on any atom is -0.494 e. The van der Waals surface area contributed by atoms with E-state index in [2.05, 4.69) is 38.4 Å². The number of nitrogens with zero attached hydrogens (tertiary/aromatic N) is 5. The Morgan fingerprint density at radius 1 is 0.861 bits per heavy atom. The molecule has 0 atom stereocenters. The van der Waals surface area contributed by atoms with Crippen molar-refractivity contribution in [1.29, 1.82) is 0 Å². The van der Waals surface area contributed by atoms with Crippen LogP contribution in [0, 0.1) is 26.6 Å². The molecule has 0 amide bonds. The number of hydrogen-bond donors (Lipinski definition) is 0. The van der Waals surface area contributed by atoms with Crippen LogP contribution in [-0.4, -0.2) is 54.7 Å². The molecule has 2 aromatic heterocycles. The number of fused-ring (bicyclic) bond motifs is 1. The molecule has 0 radical (unpaired) electrons. The third-order valence-corrected chi connectivity index (χ3v) is 7.00. The number of aryl methyl sites for hydroxylation is 3. The minimum absolute atomic E-state index is 0.214. The Balaban J connectivity index is 1.53. The van der Waals surface area contributed by atoms with Crippen molar-refractivity contribution in [2.45, 2.75) is 27.7 Å². The van der Waals surface area contributed by atoms with Gasteiger partial charge >= 0.3 is 0 Å². The van der Waals surface area contributed by atoms with Crippen molar-refractivity contribution in [2.75, 3.05) is 49.7 Å². The molecule has 5 rings (SSSR count). The van der Waals surface area contributed by atoms with Crippen molar-refractivity contribution in [1.82, 2.24) is 14.8 Å². The summed E-state index contributed by atoms with van der Waals surface area (Å²) in [5.41, 5.74) is 5.10. The molecule has 0 saturated carbocycles.